The van der Waals surface area contributed by atoms with Crippen molar-refractivity contribution in [3.63, 3.8) is 0 Å². The topological polar surface area (TPSA) is 55.8 Å². The first kappa shape index (κ1) is 14.4. The number of carbonyl (C=O) groups excluding carboxylic acids is 1. The van der Waals surface area contributed by atoms with E-state index >= 15 is 0 Å². The van der Waals surface area contributed by atoms with Crippen LogP contribution in [0.1, 0.15) is 25.0 Å². The van der Waals surface area contributed by atoms with Gasteiger partial charge in [-0.1, -0.05) is 0 Å². The molecular weight excluding hydrogens is 246 g/mol. The number of hydrogen-bond donors (Lipinski definition) is 1. The molecule has 0 saturated heterocycles. The molecule has 1 N–H and O–H groups in total. The lowest BCUT2D eigenvalue weighted by Gasteiger charge is -2.13. The predicted molar refractivity (Wildman–Crippen MR) is 59.1 cm³/mol. The van der Waals surface area contributed by atoms with Gasteiger partial charge in [0, 0.05) is 5.56 Å². The van der Waals surface area contributed by atoms with Crippen LogP contribution in [0.25, 0.3) is 0 Å². The molecule has 100 valence electrons. The van der Waals surface area contributed by atoms with Crippen LogP contribution in [0.5, 0.6) is 5.75 Å². The van der Waals surface area contributed by atoms with E-state index in [4.69, 9.17) is 0 Å². The minimum Gasteiger partial charge on any atom is -0.494 e. The molecule has 0 saturated carbocycles. The molecule has 18 heavy (non-hydrogen) atoms. The van der Waals surface area contributed by atoms with E-state index in [2.05, 4.69) is 9.47 Å². The number of rotatable bonds is 5. The first-order chi connectivity index (χ1) is 8.51. The summed E-state index contributed by atoms with van der Waals surface area (Å²) in [5.74, 6) is -3.37. The average molecular weight is 260 g/mol. The zero-order valence-electron chi connectivity index (χ0n) is 10.1. The van der Waals surface area contributed by atoms with Crippen LogP contribution in [0.2, 0.25) is 0 Å². The molecule has 0 spiro atoms. The summed E-state index contributed by atoms with van der Waals surface area (Å²) in [6.07, 6.45) is -1.89. The fourth-order valence-electron chi connectivity index (χ4n) is 1.45. The maximum atomic E-state index is 13.6. The van der Waals surface area contributed by atoms with Gasteiger partial charge in [-0.05, 0) is 19.1 Å². The Hall–Kier alpha value is -1.69. The van der Waals surface area contributed by atoms with E-state index in [0.29, 0.717) is 0 Å². The van der Waals surface area contributed by atoms with E-state index in [1.165, 1.54) is 19.2 Å². The molecule has 4 nitrogen and oxygen atoms in total. The van der Waals surface area contributed by atoms with Crippen LogP contribution in [0, 0.1) is 11.6 Å². The Morgan fingerprint density at radius 3 is 2.61 bits per heavy atom. The largest absolute Gasteiger partial charge is 0.494 e. The number of aliphatic hydroxyl groups is 1. The van der Waals surface area contributed by atoms with Crippen molar-refractivity contribution in [2.75, 3.05) is 13.7 Å². The Labute approximate surface area is 103 Å². The summed E-state index contributed by atoms with van der Waals surface area (Å²) in [6.45, 7) is 1.77. The van der Waals surface area contributed by atoms with Crippen LogP contribution in [-0.2, 0) is 9.53 Å². The van der Waals surface area contributed by atoms with Crippen molar-refractivity contribution in [1.82, 2.24) is 0 Å². The lowest BCUT2D eigenvalue weighted by molar-refractivity contribution is -0.145. The van der Waals surface area contributed by atoms with E-state index in [-0.39, 0.29) is 17.9 Å². The fraction of sp³-hybridized carbons (Fsp3) is 0.417. The number of benzene rings is 1. The van der Waals surface area contributed by atoms with Gasteiger partial charge < -0.3 is 14.6 Å². The van der Waals surface area contributed by atoms with E-state index in [1.54, 1.807) is 6.92 Å². The van der Waals surface area contributed by atoms with Gasteiger partial charge in [0.05, 0.1) is 26.2 Å². The Morgan fingerprint density at radius 1 is 1.39 bits per heavy atom. The van der Waals surface area contributed by atoms with E-state index in [1.807, 2.05) is 0 Å². The van der Waals surface area contributed by atoms with Crippen molar-refractivity contribution in [3.8, 4) is 5.75 Å². The van der Waals surface area contributed by atoms with Crippen LogP contribution in [0.3, 0.4) is 0 Å². The second-order valence-electron chi connectivity index (χ2n) is 3.51. The minimum atomic E-state index is -1.45. The Bertz CT molecular complexity index is 434. The molecule has 0 aliphatic heterocycles. The van der Waals surface area contributed by atoms with Gasteiger partial charge in [0.2, 0.25) is 5.82 Å². The number of halogens is 2. The van der Waals surface area contributed by atoms with Gasteiger partial charge in [-0.15, -0.1) is 0 Å². The first-order valence-corrected chi connectivity index (χ1v) is 5.36. The average Bonchev–Trinajstić information content (AvgIpc) is 2.32. The third-order valence-electron chi connectivity index (χ3n) is 2.32. The van der Waals surface area contributed by atoms with Crippen LogP contribution >= 0.6 is 0 Å². The minimum absolute atomic E-state index is 0.158. The molecule has 1 aromatic carbocycles. The normalized spacial score (nSPS) is 12.1. The summed E-state index contributed by atoms with van der Waals surface area (Å²) in [7, 11) is 1.20. The van der Waals surface area contributed by atoms with Crippen molar-refractivity contribution in [3.05, 3.63) is 29.3 Å². The first-order valence-electron chi connectivity index (χ1n) is 5.36. The molecule has 0 bridgehead atoms. The summed E-state index contributed by atoms with van der Waals surface area (Å²) in [6, 6.07) is 2.35. The highest BCUT2D eigenvalue weighted by Gasteiger charge is 2.21. The maximum absolute atomic E-state index is 13.6. The number of esters is 1. The van der Waals surface area contributed by atoms with Gasteiger partial charge in [0.15, 0.2) is 11.6 Å². The lowest BCUT2D eigenvalue weighted by atomic mass is 10.1. The van der Waals surface area contributed by atoms with Crippen LogP contribution < -0.4 is 4.74 Å². The van der Waals surface area contributed by atoms with Crippen molar-refractivity contribution < 1.29 is 28.2 Å². The number of ether oxygens (including phenoxy) is 2. The molecule has 0 radical (unpaired) electrons. The zero-order chi connectivity index (χ0) is 13.7. The predicted octanol–water partition coefficient (Wildman–Crippen LogP) is 1.96. The van der Waals surface area contributed by atoms with Crippen LogP contribution in [-0.4, -0.2) is 24.8 Å². The third kappa shape index (κ3) is 3.16. The van der Waals surface area contributed by atoms with E-state index in [0.717, 1.165) is 0 Å². The number of aliphatic hydroxyl groups excluding tert-OH is 1. The van der Waals surface area contributed by atoms with Crippen molar-refractivity contribution in [2.45, 2.75) is 19.4 Å². The molecule has 1 unspecified atom stereocenters. The van der Waals surface area contributed by atoms with Gasteiger partial charge in [-0.2, -0.15) is 4.39 Å². The summed E-state index contributed by atoms with van der Waals surface area (Å²) in [5.41, 5.74) is -0.304. The lowest BCUT2D eigenvalue weighted by Crippen LogP contribution is -2.12. The summed E-state index contributed by atoms with van der Waals surface area (Å²) >= 11 is 0. The summed E-state index contributed by atoms with van der Waals surface area (Å²) in [5, 5.41) is 9.64. The standard InChI is InChI=1S/C12H14F2O4/c1-3-18-10(16)6-8(15)7-4-5-9(17-2)12(14)11(7)13/h4-5,8,15H,3,6H2,1-2H3. The number of hydrogen-bond acceptors (Lipinski definition) is 4. The number of carbonyl (C=O) groups is 1. The highest BCUT2D eigenvalue weighted by molar-refractivity contribution is 5.70. The molecular formula is C12H14F2O4. The second kappa shape index (κ2) is 6.30. The molecule has 0 heterocycles. The van der Waals surface area contributed by atoms with E-state index < -0.39 is 30.1 Å². The Morgan fingerprint density at radius 2 is 2.06 bits per heavy atom. The second-order valence-corrected chi connectivity index (χ2v) is 3.51. The van der Waals surface area contributed by atoms with Gasteiger partial charge >= 0.3 is 5.97 Å². The van der Waals surface area contributed by atoms with E-state index in [9.17, 15) is 18.7 Å². The molecule has 0 fully saturated rings. The third-order valence-corrected chi connectivity index (χ3v) is 2.32. The summed E-state index contributed by atoms with van der Waals surface area (Å²) in [4.78, 5) is 11.1. The molecule has 0 aliphatic carbocycles. The number of methoxy groups -OCH3 is 1. The molecule has 0 aliphatic rings. The van der Waals surface area contributed by atoms with Crippen LogP contribution in [0.4, 0.5) is 8.78 Å². The molecule has 1 atom stereocenters. The highest BCUT2D eigenvalue weighted by atomic mass is 19.2. The molecule has 0 amide bonds. The smallest absolute Gasteiger partial charge is 0.308 e. The molecule has 1 rings (SSSR count). The van der Waals surface area contributed by atoms with Crippen LogP contribution in [0.15, 0.2) is 12.1 Å². The van der Waals surface area contributed by atoms with Gasteiger partial charge in [-0.25, -0.2) is 4.39 Å². The van der Waals surface area contributed by atoms with Crippen molar-refractivity contribution >= 4 is 5.97 Å². The van der Waals surface area contributed by atoms with Crippen molar-refractivity contribution in [2.24, 2.45) is 0 Å². The fourth-order valence-corrected chi connectivity index (χ4v) is 1.45. The SMILES string of the molecule is CCOC(=O)CC(O)c1ccc(OC)c(F)c1F. The zero-order valence-corrected chi connectivity index (χ0v) is 10.1. The quantitative estimate of drug-likeness (QED) is 0.822. The summed E-state index contributed by atoms with van der Waals surface area (Å²) < 4.78 is 36.2. The van der Waals surface area contributed by atoms with Crippen molar-refractivity contribution in [1.29, 1.82) is 0 Å². The Balaban J connectivity index is 2.90. The van der Waals surface area contributed by atoms with Gasteiger partial charge in [0.25, 0.3) is 0 Å². The molecule has 1 aromatic rings. The Kier molecular flexibility index (Phi) is 5.03. The maximum Gasteiger partial charge on any atom is 0.308 e. The molecule has 6 heteroatoms. The highest BCUT2D eigenvalue weighted by Crippen LogP contribution is 2.27. The molecule has 0 aromatic heterocycles. The van der Waals surface area contributed by atoms with Gasteiger partial charge in [0.1, 0.15) is 0 Å². The monoisotopic (exact) mass is 260 g/mol. The van der Waals surface area contributed by atoms with Gasteiger partial charge in [-0.3, -0.25) is 4.79 Å².